The van der Waals surface area contributed by atoms with Crippen LogP contribution < -0.4 is 16.0 Å². The van der Waals surface area contributed by atoms with Gasteiger partial charge < -0.3 is 29.9 Å². The van der Waals surface area contributed by atoms with E-state index in [1.54, 1.807) is 12.4 Å². The number of aromatic nitrogens is 1. The van der Waals surface area contributed by atoms with E-state index in [4.69, 9.17) is 14.6 Å². The first-order valence-corrected chi connectivity index (χ1v) is 13.9. The number of hydrogen-bond acceptors (Lipinski definition) is 6. The SMILES string of the molecule is C[SiH2]OC(O[SiH2]C)C(C)(C)CC1CC(NC(=O)O)CN(c2ccncc2N)C1. The minimum absolute atomic E-state index is 0.142. The van der Waals surface area contributed by atoms with Crippen LogP contribution in [0.2, 0.25) is 13.1 Å². The van der Waals surface area contributed by atoms with Crippen LogP contribution in [0.5, 0.6) is 0 Å². The Bertz CT molecular complexity index is 644. The van der Waals surface area contributed by atoms with Crippen molar-refractivity contribution in [3.8, 4) is 0 Å². The average Bonchev–Trinajstić information content (AvgIpc) is 2.60. The van der Waals surface area contributed by atoms with Crippen molar-refractivity contribution in [2.45, 2.75) is 52.1 Å². The fourth-order valence-corrected chi connectivity index (χ4v) is 6.05. The van der Waals surface area contributed by atoms with Gasteiger partial charge in [-0.3, -0.25) is 4.98 Å². The molecule has 0 aliphatic carbocycles. The van der Waals surface area contributed by atoms with Gasteiger partial charge in [-0.1, -0.05) is 26.9 Å². The lowest BCUT2D eigenvalue weighted by Gasteiger charge is -2.43. The Kier molecular flexibility index (Phi) is 8.28. The third kappa shape index (κ3) is 6.19. The van der Waals surface area contributed by atoms with Gasteiger partial charge in [0.25, 0.3) is 0 Å². The number of anilines is 2. The van der Waals surface area contributed by atoms with E-state index < -0.39 is 25.6 Å². The largest absolute Gasteiger partial charge is 0.465 e. The minimum atomic E-state index is -0.994. The Morgan fingerprint density at radius 1 is 1.43 bits per heavy atom. The fraction of sp³-hybridized carbons (Fsp3) is 0.667. The first-order valence-electron chi connectivity index (χ1n) is 9.93. The zero-order valence-electron chi connectivity index (χ0n) is 17.4. The molecule has 1 fully saturated rings. The molecule has 1 amide bonds. The predicted molar refractivity (Wildman–Crippen MR) is 117 cm³/mol. The Hall–Kier alpha value is -1.63. The molecular formula is C18H34N4O4Si2. The standard InChI is InChI=1S/C18H34N4O4Si2/c1-18(2,16(25-27-3)26-28-4)8-12-7-13(21-17(23)24)11-22(10-12)15-5-6-20-9-14(15)19/h5-6,9,12-13,16,21H,7-8,10-11,19,27-28H2,1-4H3,(H,23,24). The van der Waals surface area contributed by atoms with Crippen molar-refractivity contribution in [1.82, 2.24) is 10.3 Å². The van der Waals surface area contributed by atoms with E-state index in [1.165, 1.54) is 0 Å². The summed E-state index contributed by atoms with van der Waals surface area (Å²) in [7, 11) is -1.16. The van der Waals surface area contributed by atoms with E-state index in [2.05, 4.69) is 42.1 Å². The van der Waals surface area contributed by atoms with Gasteiger partial charge in [0.2, 0.25) is 0 Å². The molecular weight excluding hydrogens is 392 g/mol. The Morgan fingerprint density at radius 2 is 2.11 bits per heavy atom. The van der Waals surface area contributed by atoms with Crippen molar-refractivity contribution in [2.75, 3.05) is 23.7 Å². The third-order valence-corrected chi connectivity index (χ3v) is 6.39. The second-order valence-electron chi connectivity index (χ2n) is 8.02. The summed E-state index contributed by atoms with van der Waals surface area (Å²) in [4.78, 5) is 17.5. The zero-order valence-corrected chi connectivity index (χ0v) is 20.2. The van der Waals surface area contributed by atoms with Gasteiger partial charge in [0, 0.05) is 30.7 Å². The lowest BCUT2D eigenvalue weighted by Crippen LogP contribution is -2.52. The molecule has 1 aliphatic rings. The first kappa shape index (κ1) is 22.7. The summed E-state index contributed by atoms with van der Waals surface area (Å²) in [6.07, 6.45) is 3.86. The van der Waals surface area contributed by atoms with Crippen molar-refractivity contribution in [2.24, 2.45) is 11.3 Å². The van der Waals surface area contributed by atoms with Gasteiger partial charge in [-0.05, 0) is 24.8 Å². The summed E-state index contributed by atoms with van der Waals surface area (Å²) in [5, 5.41) is 11.9. The number of carboxylic acid groups (broad SMARTS) is 1. The zero-order chi connectivity index (χ0) is 20.7. The van der Waals surface area contributed by atoms with Crippen LogP contribution in [0, 0.1) is 11.3 Å². The topological polar surface area (TPSA) is 110 Å². The maximum atomic E-state index is 11.3. The number of rotatable bonds is 9. The van der Waals surface area contributed by atoms with Gasteiger partial charge in [-0.15, -0.1) is 0 Å². The molecule has 2 rings (SSSR count). The van der Waals surface area contributed by atoms with Crippen molar-refractivity contribution < 1.29 is 18.8 Å². The normalized spacial score (nSPS) is 22.2. The van der Waals surface area contributed by atoms with Gasteiger partial charge in [0.05, 0.1) is 17.6 Å². The van der Waals surface area contributed by atoms with Gasteiger partial charge in [0.15, 0.2) is 19.5 Å². The van der Waals surface area contributed by atoms with Crippen LogP contribution in [0.3, 0.4) is 0 Å². The molecule has 28 heavy (non-hydrogen) atoms. The Labute approximate surface area is 172 Å². The average molecular weight is 427 g/mol. The highest BCUT2D eigenvalue weighted by atomic mass is 28.2. The van der Waals surface area contributed by atoms with Crippen LogP contribution in [-0.2, 0) is 8.85 Å². The van der Waals surface area contributed by atoms with Crippen LogP contribution in [0.25, 0.3) is 0 Å². The van der Waals surface area contributed by atoms with Crippen molar-refractivity contribution in [3.63, 3.8) is 0 Å². The molecule has 0 saturated carbocycles. The summed E-state index contributed by atoms with van der Waals surface area (Å²) < 4.78 is 12.0. The van der Waals surface area contributed by atoms with Crippen molar-refractivity contribution in [3.05, 3.63) is 18.5 Å². The van der Waals surface area contributed by atoms with Gasteiger partial charge >= 0.3 is 6.09 Å². The van der Waals surface area contributed by atoms with Crippen molar-refractivity contribution in [1.29, 1.82) is 0 Å². The molecule has 0 spiro atoms. The summed E-state index contributed by atoms with van der Waals surface area (Å²) >= 11 is 0. The monoisotopic (exact) mass is 426 g/mol. The molecule has 10 heteroatoms. The number of nitrogen functional groups attached to an aromatic ring is 1. The molecule has 2 unspecified atom stereocenters. The number of pyridine rings is 1. The van der Waals surface area contributed by atoms with Gasteiger partial charge in [-0.2, -0.15) is 0 Å². The summed E-state index contributed by atoms with van der Waals surface area (Å²) in [6, 6.07) is 1.74. The van der Waals surface area contributed by atoms with Crippen LogP contribution in [0.15, 0.2) is 18.5 Å². The number of nitrogens with one attached hydrogen (secondary N) is 1. The number of piperidine rings is 1. The minimum Gasteiger partial charge on any atom is -0.465 e. The number of hydrogen-bond donors (Lipinski definition) is 3. The van der Waals surface area contributed by atoms with Crippen LogP contribution in [-0.4, -0.2) is 61.1 Å². The first-order chi connectivity index (χ1) is 13.3. The van der Waals surface area contributed by atoms with Crippen LogP contribution >= 0.6 is 0 Å². The van der Waals surface area contributed by atoms with E-state index in [0.717, 1.165) is 25.1 Å². The van der Waals surface area contributed by atoms with E-state index in [-0.39, 0.29) is 17.7 Å². The second kappa shape index (κ2) is 10.2. The molecule has 158 valence electrons. The molecule has 1 aliphatic heterocycles. The highest BCUT2D eigenvalue weighted by Crippen LogP contribution is 2.37. The van der Waals surface area contributed by atoms with E-state index in [0.29, 0.717) is 18.2 Å². The van der Waals surface area contributed by atoms with E-state index in [9.17, 15) is 9.90 Å². The Morgan fingerprint density at radius 3 is 2.68 bits per heavy atom. The molecule has 8 nitrogen and oxygen atoms in total. The molecule has 1 saturated heterocycles. The lowest BCUT2D eigenvalue weighted by atomic mass is 9.78. The highest BCUT2D eigenvalue weighted by molar-refractivity contribution is 6.26. The second-order valence-corrected chi connectivity index (χ2v) is 9.84. The quantitative estimate of drug-likeness (QED) is 0.401. The summed E-state index contributed by atoms with van der Waals surface area (Å²) in [6.45, 7) is 10.0. The number of nitrogens with zero attached hydrogens (tertiary/aromatic N) is 2. The Balaban J connectivity index is 2.19. The number of carbonyl (C=O) groups is 1. The van der Waals surface area contributed by atoms with Crippen LogP contribution in [0.4, 0.5) is 16.2 Å². The fourth-order valence-electron chi connectivity index (χ4n) is 4.16. The lowest BCUT2D eigenvalue weighted by molar-refractivity contribution is -0.0886. The molecule has 1 aromatic rings. The molecule has 0 aromatic carbocycles. The molecule has 2 heterocycles. The van der Waals surface area contributed by atoms with E-state index in [1.807, 2.05) is 6.07 Å². The molecule has 1 aromatic heterocycles. The number of nitrogens with two attached hydrogens (primary N) is 1. The van der Waals surface area contributed by atoms with Crippen LogP contribution in [0.1, 0.15) is 26.7 Å². The van der Waals surface area contributed by atoms with E-state index >= 15 is 0 Å². The van der Waals surface area contributed by atoms with Gasteiger partial charge in [-0.25, -0.2) is 4.79 Å². The molecule has 0 bridgehead atoms. The smallest absolute Gasteiger partial charge is 0.404 e. The maximum Gasteiger partial charge on any atom is 0.404 e. The predicted octanol–water partition coefficient (Wildman–Crippen LogP) is 1.17. The molecule has 2 atom stereocenters. The molecule has 4 N–H and O–H groups in total. The maximum absolute atomic E-state index is 11.3. The summed E-state index contributed by atoms with van der Waals surface area (Å²) in [5.41, 5.74) is 7.49. The number of amides is 1. The highest BCUT2D eigenvalue weighted by Gasteiger charge is 2.37. The van der Waals surface area contributed by atoms with Gasteiger partial charge in [0.1, 0.15) is 6.29 Å². The van der Waals surface area contributed by atoms with Crippen molar-refractivity contribution >= 4 is 37.0 Å². The summed E-state index contributed by atoms with van der Waals surface area (Å²) in [5.74, 6) is 0.292. The molecule has 0 radical (unpaired) electrons. The third-order valence-electron chi connectivity index (χ3n) is 5.12.